The number of ether oxygens (including phenoxy) is 1. The molecule has 196 valence electrons. The highest BCUT2D eigenvalue weighted by molar-refractivity contribution is 6.31. The second-order valence-corrected chi connectivity index (χ2v) is 8.86. The van der Waals surface area contributed by atoms with Crippen LogP contribution in [0.2, 0.25) is 5.02 Å². The number of alkyl halides is 3. The van der Waals surface area contributed by atoms with Gasteiger partial charge in [0.15, 0.2) is 6.61 Å². The van der Waals surface area contributed by atoms with Crippen molar-refractivity contribution in [2.75, 3.05) is 18.6 Å². The van der Waals surface area contributed by atoms with Gasteiger partial charge in [-0.1, -0.05) is 61.0 Å². The summed E-state index contributed by atoms with van der Waals surface area (Å²) in [7, 11) is 1.68. The molecule has 2 atom stereocenters. The van der Waals surface area contributed by atoms with Gasteiger partial charge in [0.1, 0.15) is 5.75 Å². The molecule has 0 aliphatic carbocycles. The summed E-state index contributed by atoms with van der Waals surface area (Å²) in [5, 5.41) is 20.6. The van der Waals surface area contributed by atoms with Gasteiger partial charge in [-0.3, -0.25) is 9.59 Å². The summed E-state index contributed by atoms with van der Waals surface area (Å²) < 4.78 is 34.5. The Hall–Kier alpha value is -3.56. The van der Waals surface area contributed by atoms with Crippen molar-refractivity contribution in [2.24, 2.45) is 0 Å². The predicted octanol–water partition coefficient (Wildman–Crippen LogP) is 6.00. The summed E-state index contributed by atoms with van der Waals surface area (Å²) >= 11 is 6.61. The second-order valence-electron chi connectivity index (χ2n) is 8.46. The van der Waals surface area contributed by atoms with Gasteiger partial charge in [-0.2, -0.15) is 13.2 Å². The van der Waals surface area contributed by atoms with Crippen LogP contribution < -0.4 is 9.64 Å². The number of nitrogens with zero attached hydrogens (tertiary/aromatic N) is 1. The molecule has 3 aromatic rings. The van der Waals surface area contributed by atoms with Gasteiger partial charge in [-0.15, -0.1) is 0 Å². The van der Waals surface area contributed by atoms with Crippen molar-refractivity contribution >= 4 is 29.2 Å². The lowest BCUT2D eigenvalue weighted by Crippen LogP contribution is -2.35. The molecular weight excluding hydrogens is 511 g/mol. The van der Waals surface area contributed by atoms with E-state index in [4.69, 9.17) is 21.4 Å². The molecule has 37 heavy (non-hydrogen) atoms. The number of likely N-dealkylation sites (N-methyl/N-ethyl adjacent to an activating group) is 1. The third kappa shape index (κ3) is 7.02. The Kier molecular flexibility index (Phi) is 9.18. The lowest BCUT2D eigenvalue weighted by atomic mass is 9.89. The average Bonchev–Trinajstić information content (AvgIpc) is 2.84. The lowest BCUT2D eigenvalue weighted by Gasteiger charge is -2.28. The topological polar surface area (TPSA) is 87.1 Å². The van der Waals surface area contributed by atoms with Gasteiger partial charge in [0.05, 0.1) is 18.2 Å². The van der Waals surface area contributed by atoms with Crippen LogP contribution in [0.3, 0.4) is 0 Å². The molecule has 6 nitrogen and oxygen atoms in total. The van der Waals surface area contributed by atoms with E-state index in [1.807, 2.05) is 43.3 Å². The minimum Gasteiger partial charge on any atom is -0.482 e. The van der Waals surface area contributed by atoms with E-state index in [0.717, 1.165) is 16.7 Å². The van der Waals surface area contributed by atoms with Crippen LogP contribution in [0.5, 0.6) is 5.75 Å². The molecular formula is C27H25ClF3NO5. The Bertz CT molecular complexity index is 1280. The number of carboxylic acids is 1. The average molecular weight is 536 g/mol. The molecule has 0 radical (unpaired) electrons. The van der Waals surface area contributed by atoms with Gasteiger partial charge in [0.25, 0.3) is 5.91 Å². The fourth-order valence-electron chi connectivity index (χ4n) is 4.04. The van der Waals surface area contributed by atoms with Crippen molar-refractivity contribution in [3.05, 3.63) is 82.4 Å². The van der Waals surface area contributed by atoms with E-state index in [-0.39, 0.29) is 24.9 Å². The number of fused-ring (bicyclic) bond motifs is 1. The Morgan fingerprint density at radius 2 is 1.76 bits per heavy atom. The van der Waals surface area contributed by atoms with E-state index in [2.05, 4.69) is 0 Å². The van der Waals surface area contributed by atoms with Crippen LogP contribution in [0.15, 0.2) is 60.7 Å². The Morgan fingerprint density at radius 1 is 1.08 bits per heavy atom. The van der Waals surface area contributed by atoms with Gasteiger partial charge in [-0.05, 0) is 46.0 Å². The summed E-state index contributed by atoms with van der Waals surface area (Å²) in [6, 6.07) is 18.3. The zero-order chi connectivity index (χ0) is 27.3. The number of aliphatic hydroxyl groups is 1. The number of amides is 1. The van der Waals surface area contributed by atoms with Gasteiger partial charge in [0.2, 0.25) is 0 Å². The smallest absolute Gasteiger partial charge is 0.379 e. The molecule has 0 fully saturated rings. The van der Waals surface area contributed by atoms with Crippen LogP contribution in [-0.2, 0) is 16.0 Å². The van der Waals surface area contributed by atoms with Crippen LogP contribution in [0.1, 0.15) is 35.6 Å². The Labute approximate surface area is 216 Å². The molecule has 0 aromatic heterocycles. The third-order valence-corrected chi connectivity index (χ3v) is 6.32. The molecule has 10 heteroatoms. The van der Waals surface area contributed by atoms with Crippen molar-refractivity contribution in [3.8, 4) is 16.9 Å². The van der Waals surface area contributed by atoms with E-state index in [1.165, 1.54) is 4.90 Å². The number of benzene rings is 3. The van der Waals surface area contributed by atoms with Gasteiger partial charge in [0, 0.05) is 18.0 Å². The molecule has 0 saturated heterocycles. The first-order valence-corrected chi connectivity index (χ1v) is 11.6. The molecule has 0 spiro atoms. The van der Waals surface area contributed by atoms with E-state index >= 15 is 0 Å². The summed E-state index contributed by atoms with van der Waals surface area (Å²) in [4.78, 5) is 24.5. The second kappa shape index (κ2) is 12.1. The van der Waals surface area contributed by atoms with Crippen molar-refractivity contribution in [3.63, 3.8) is 0 Å². The van der Waals surface area contributed by atoms with E-state index in [1.54, 1.807) is 31.3 Å². The number of carboxylic acid groups (broad SMARTS) is 1. The molecule has 0 bridgehead atoms. The highest BCUT2D eigenvalue weighted by Crippen LogP contribution is 2.40. The minimum atomic E-state index is -3.67. The van der Waals surface area contributed by atoms with Gasteiger partial charge < -0.3 is 19.8 Å². The maximum Gasteiger partial charge on any atom is 0.379 e. The summed E-state index contributed by atoms with van der Waals surface area (Å²) in [6.07, 6.45) is -0.891. The zero-order valence-corrected chi connectivity index (χ0v) is 20.8. The molecule has 1 aliphatic heterocycles. The van der Waals surface area contributed by atoms with Crippen molar-refractivity contribution < 1.29 is 37.7 Å². The maximum absolute atomic E-state index is 12.0. The maximum atomic E-state index is 12.0. The first kappa shape index (κ1) is 28.0. The molecule has 1 heterocycles. The highest BCUT2D eigenvalue weighted by Gasteiger charge is 2.26. The van der Waals surface area contributed by atoms with E-state index < -0.39 is 18.8 Å². The van der Waals surface area contributed by atoms with Crippen molar-refractivity contribution in [2.45, 2.75) is 32.0 Å². The number of hydrogen-bond donors (Lipinski definition) is 2. The lowest BCUT2D eigenvalue weighted by molar-refractivity contribution is -0.136. The van der Waals surface area contributed by atoms with Crippen molar-refractivity contribution in [1.29, 1.82) is 0 Å². The fraction of sp³-hybridized carbons (Fsp3) is 0.259. The molecule has 2 N–H and O–H groups in total. The number of hydrogen-bond acceptors (Lipinski definition) is 4. The minimum absolute atomic E-state index is 0.00295. The predicted molar refractivity (Wildman–Crippen MR) is 134 cm³/mol. The van der Waals surface area contributed by atoms with Gasteiger partial charge in [-0.25, -0.2) is 0 Å². The largest absolute Gasteiger partial charge is 0.482 e. The number of aliphatic hydroxyl groups excluding tert-OH is 1. The van der Waals surface area contributed by atoms with Crippen LogP contribution in [0.4, 0.5) is 18.9 Å². The van der Waals surface area contributed by atoms with Crippen LogP contribution >= 0.6 is 11.6 Å². The SMILES string of the molecule is C[C@@H](c1ccc(-c2cccc(CC(=O)O)c2)cc1Cl)C(O)c1ccc2c(c1)N(C)C(=O)CO2.FC(F)F. The number of carbonyl (C=O) groups is 2. The standard InChI is InChI=1S/C26H24ClNO5.CHF3/c1-15(26(32)19-7-9-23-22(13-19)28(2)24(29)14-33-23)20-8-6-18(12-21(20)27)17-5-3-4-16(10-17)11-25(30)31;2-1(3)4/h3-10,12-13,15,26,32H,11,14H2,1-2H3,(H,30,31);1H/t15-,26?;/m0./s1. The zero-order valence-electron chi connectivity index (χ0n) is 20.0. The summed E-state index contributed by atoms with van der Waals surface area (Å²) in [5.41, 5.74) is 4.52. The van der Waals surface area contributed by atoms with Crippen LogP contribution in [0, 0.1) is 0 Å². The van der Waals surface area contributed by atoms with Crippen molar-refractivity contribution in [1.82, 2.24) is 0 Å². The molecule has 1 unspecified atom stereocenters. The molecule has 1 aliphatic rings. The van der Waals surface area contributed by atoms with E-state index in [9.17, 15) is 27.9 Å². The molecule has 0 saturated carbocycles. The quantitative estimate of drug-likeness (QED) is 0.404. The molecule has 1 amide bonds. The monoisotopic (exact) mass is 535 g/mol. The number of aliphatic carboxylic acids is 1. The van der Waals surface area contributed by atoms with E-state index in [0.29, 0.717) is 27.6 Å². The fourth-order valence-corrected chi connectivity index (χ4v) is 4.40. The Balaban J connectivity index is 0.000000886. The first-order valence-electron chi connectivity index (χ1n) is 11.2. The van der Waals surface area contributed by atoms with Crippen LogP contribution in [-0.4, -0.2) is 42.4 Å². The molecule has 4 rings (SSSR count). The van der Waals surface area contributed by atoms with Crippen LogP contribution in [0.25, 0.3) is 11.1 Å². The number of halogens is 4. The summed E-state index contributed by atoms with van der Waals surface area (Å²) in [6.45, 7) is -1.77. The number of anilines is 1. The normalized spacial score (nSPS) is 14.3. The highest BCUT2D eigenvalue weighted by atomic mass is 35.5. The molecule has 3 aromatic carbocycles. The Morgan fingerprint density at radius 3 is 2.41 bits per heavy atom. The van der Waals surface area contributed by atoms with Gasteiger partial charge >= 0.3 is 12.6 Å². The summed E-state index contributed by atoms with van der Waals surface area (Å²) in [5.74, 6) is -0.734. The third-order valence-electron chi connectivity index (χ3n) is 5.99. The first-order chi connectivity index (χ1) is 17.5. The number of rotatable bonds is 6. The number of carbonyl (C=O) groups excluding carboxylic acids is 1.